The van der Waals surface area contributed by atoms with Crippen LogP contribution in [0.3, 0.4) is 0 Å². The third-order valence-corrected chi connectivity index (χ3v) is 4.64. The van der Waals surface area contributed by atoms with Crippen molar-refractivity contribution in [3.05, 3.63) is 72.1 Å². The molecule has 0 saturated heterocycles. The van der Waals surface area contributed by atoms with E-state index < -0.39 is 6.23 Å². The van der Waals surface area contributed by atoms with E-state index in [4.69, 9.17) is 0 Å². The predicted molar refractivity (Wildman–Crippen MR) is 106 cm³/mol. The second kappa shape index (κ2) is 7.17. The first-order valence-corrected chi connectivity index (χ1v) is 8.93. The molecular formula is C21H21N5O. The molecule has 0 radical (unpaired) electrons. The molecule has 0 aliphatic carbocycles. The highest BCUT2D eigenvalue weighted by Gasteiger charge is 2.12. The van der Waals surface area contributed by atoms with Crippen LogP contribution in [0.5, 0.6) is 0 Å². The Labute approximate surface area is 157 Å². The van der Waals surface area contributed by atoms with Crippen molar-refractivity contribution in [2.45, 2.75) is 19.6 Å². The average Bonchev–Trinajstić information content (AvgIpc) is 3.13. The summed E-state index contributed by atoms with van der Waals surface area (Å²) in [6.07, 6.45) is 3.74. The minimum absolute atomic E-state index is 0.622. The number of aromatic nitrogens is 4. The Bertz CT molecular complexity index is 1090. The van der Waals surface area contributed by atoms with Crippen LogP contribution < -0.4 is 5.32 Å². The fourth-order valence-corrected chi connectivity index (χ4v) is 3.20. The Morgan fingerprint density at radius 2 is 1.96 bits per heavy atom. The lowest BCUT2D eigenvalue weighted by Crippen LogP contribution is -2.12. The second-order valence-electron chi connectivity index (χ2n) is 6.51. The zero-order valence-corrected chi connectivity index (χ0v) is 15.3. The number of aryl methyl sites for hydroxylation is 2. The quantitative estimate of drug-likeness (QED) is 0.532. The van der Waals surface area contributed by atoms with Crippen molar-refractivity contribution in [1.29, 1.82) is 0 Å². The molecule has 2 aromatic carbocycles. The lowest BCUT2D eigenvalue weighted by molar-refractivity contribution is 0.206. The summed E-state index contributed by atoms with van der Waals surface area (Å²) in [4.78, 5) is 4.43. The van der Waals surface area contributed by atoms with Crippen molar-refractivity contribution >= 4 is 16.6 Å². The highest BCUT2D eigenvalue weighted by molar-refractivity contribution is 5.87. The van der Waals surface area contributed by atoms with E-state index >= 15 is 0 Å². The molecule has 0 saturated carbocycles. The maximum atomic E-state index is 10.6. The Morgan fingerprint density at radius 1 is 1.11 bits per heavy atom. The molecule has 2 heterocycles. The van der Waals surface area contributed by atoms with Crippen LogP contribution in [-0.4, -0.2) is 25.1 Å². The third kappa shape index (κ3) is 3.52. The van der Waals surface area contributed by atoms with Gasteiger partial charge in [-0.2, -0.15) is 0 Å². The smallest absolute Gasteiger partial charge is 0.152 e. The van der Waals surface area contributed by atoms with Crippen molar-refractivity contribution in [3.8, 4) is 11.3 Å². The molecule has 1 atom stereocenters. The van der Waals surface area contributed by atoms with Gasteiger partial charge in [0.05, 0.1) is 6.20 Å². The van der Waals surface area contributed by atoms with E-state index in [-0.39, 0.29) is 0 Å². The van der Waals surface area contributed by atoms with Crippen molar-refractivity contribution < 1.29 is 5.11 Å². The van der Waals surface area contributed by atoms with Gasteiger partial charge >= 0.3 is 0 Å². The monoisotopic (exact) mass is 359 g/mol. The standard InChI is InChI=1S/C21H21N5O/c1-3-14-6-4-5-7-18(14)21(27)23-20-11-17-10-15(8-9-16(17)12-22-20)19-13-26(2)25-24-19/h4-13,21,27H,3H2,1-2H3,(H,22,23). The van der Waals surface area contributed by atoms with E-state index in [1.54, 1.807) is 10.9 Å². The van der Waals surface area contributed by atoms with Crippen LogP contribution in [0.15, 0.2) is 60.9 Å². The molecule has 0 aliphatic heterocycles. The van der Waals surface area contributed by atoms with Gasteiger partial charge in [0.2, 0.25) is 0 Å². The van der Waals surface area contributed by atoms with E-state index in [1.807, 2.05) is 55.7 Å². The normalized spacial score (nSPS) is 12.3. The van der Waals surface area contributed by atoms with Gasteiger partial charge < -0.3 is 10.4 Å². The molecule has 2 aromatic heterocycles. The molecule has 136 valence electrons. The number of nitrogens with zero attached hydrogens (tertiary/aromatic N) is 4. The van der Waals surface area contributed by atoms with Gasteiger partial charge in [0.25, 0.3) is 0 Å². The molecule has 6 nitrogen and oxygen atoms in total. The summed E-state index contributed by atoms with van der Waals surface area (Å²) < 4.78 is 1.68. The first-order chi connectivity index (χ1) is 13.1. The lowest BCUT2D eigenvalue weighted by Gasteiger charge is -2.17. The topological polar surface area (TPSA) is 75.9 Å². The summed E-state index contributed by atoms with van der Waals surface area (Å²) >= 11 is 0. The summed E-state index contributed by atoms with van der Waals surface area (Å²) in [6, 6.07) is 15.9. The van der Waals surface area contributed by atoms with Crippen molar-refractivity contribution in [2.24, 2.45) is 7.05 Å². The van der Waals surface area contributed by atoms with Gasteiger partial charge in [0, 0.05) is 29.8 Å². The predicted octanol–water partition coefficient (Wildman–Crippen LogP) is 3.70. The van der Waals surface area contributed by atoms with Gasteiger partial charge in [-0.15, -0.1) is 5.10 Å². The number of hydrogen-bond acceptors (Lipinski definition) is 5. The molecule has 1 unspecified atom stereocenters. The van der Waals surface area contributed by atoms with E-state index in [0.29, 0.717) is 5.82 Å². The first-order valence-electron chi connectivity index (χ1n) is 8.93. The van der Waals surface area contributed by atoms with Gasteiger partial charge in [-0.1, -0.05) is 48.5 Å². The summed E-state index contributed by atoms with van der Waals surface area (Å²) in [7, 11) is 1.85. The van der Waals surface area contributed by atoms with Gasteiger partial charge in [-0.25, -0.2) is 4.98 Å². The van der Waals surface area contributed by atoms with Crippen LogP contribution in [0.4, 0.5) is 5.82 Å². The largest absolute Gasteiger partial charge is 0.369 e. The first kappa shape index (κ1) is 17.2. The van der Waals surface area contributed by atoms with Gasteiger partial charge in [0.15, 0.2) is 6.23 Å². The molecule has 0 fully saturated rings. The minimum atomic E-state index is -0.811. The average molecular weight is 359 g/mol. The molecule has 0 spiro atoms. The summed E-state index contributed by atoms with van der Waals surface area (Å²) in [5, 5.41) is 23.9. The second-order valence-corrected chi connectivity index (χ2v) is 6.51. The van der Waals surface area contributed by atoms with E-state index in [9.17, 15) is 5.11 Å². The molecule has 0 amide bonds. The number of hydrogen-bond donors (Lipinski definition) is 2. The molecule has 4 rings (SSSR count). The number of nitrogens with one attached hydrogen (secondary N) is 1. The lowest BCUT2D eigenvalue weighted by atomic mass is 10.0. The summed E-state index contributed by atoms with van der Waals surface area (Å²) in [6.45, 7) is 2.08. The minimum Gasteiger partial charge on any atom is -0.369 e. The molecule has 0 bridgehead atoms. The maximum absolute atomic E-state index is 10.6. The van der Waals surface area contributed by atoms with Crippen LogP contribution in [0, 0.1) is 0 Å². The molecule has 0 aliphatic rings. The fraction of sp³-hybridized carbons (Fsp3) is 0.190. The maximum Gasteiger partial charge on any atom is 0.152 e. The Kier molecular flexibility index (Phi) is 4.56. The summed E-state index contributed by atoms with van der Waals surface area (Å²) in [5.41, 5.74) is 3.80. The highest BCUT2D eigenvalue weighted by Crippen LogP contribution is 2.26. The van der Waals surface area contributed by atoms with Crippen LogP contribution in [0.2, 0.25) is 0 Å². The number of aliphatic hydroxyl groups excluding tert-OH is 1. The molecule has 4 aromatic rings. The third-order valence-electron chi connectivity index (χ3n) is 4.64. The zero-order chi connectivity index (χ0) is 18.8. The Balaban J connectivity index is 1.64. The van der Waals surface area contributed by atoms with Crippen molar-refractivity contribution in [3.63, 3.8) is 0 Å². The molecular weight excluding hydrogens is 338 g/mol. The number of aliphatic hydroxyl groups is 1. The van der Waals surface area contributed by atoms with Crippen LogP contribution in [0.1, 0.15) is 24.3 Å². The van der Waals surface area contributed by atoms with Crippen LogP contribution in [0.25, 0.3) is 22.0 Å². The van der Waals surface area contributed by atoms with Crippen molar-refractivity contribution in [2.75, 3.05) is 5.32 Å². The van der Waals surface area contributed by atoms with Gasteiger partial charge in [-0.3, -0.25) is 4.68 Å². The van der Waals surface area contributed by atoms with Gasteiger partial charge in [0.1, 0.15) is 11.5 Å². The SMILES string of the molecule is CCc1ccccc1C(O)Nc1cc2cc(-c3cn(C)nn3)ccc2cn1. The number of pyridine rings is 1. The van der Waals surface area contributed by atoms with E-state index in [2.05, 4.69) is 33.6 Å². The number of fused-ring (bicyclic) bond motifs is 1. The molecule has 6 heteroatoms. The number of benzene rings is 2. The molecule has 2 N–H and O–H groups in total. The summed E-state index contributed by atoms with van der Waals surface area (Å²) in [5.74, 6) is 0.622. The number of rotatable bonds is 5. The van der Waals surface area contributed by atoms with E-state index in [0.717, 1.165) is 39.6 Å². The highest BCUT2D eigenvalue weighted by atomic mass is 16.3. The van der Waals surface area contributed by atoms with Gasteiger partial charge in [-0.05, 0) is 29.5 Å². The van der Waals surface area contributed by atoms with Crippen molar-refractivity contribution in [1.82, 2.24) is 20.0 Å². The number of anilines is 1. The van der Waals surface area contributed by atoms with E-state index in [1.165, 1.54) is 0 Å². The van der Waals surface area contributed by atoms with Crippen LogP contribution in [-0.2, 0) is 13.5 Å². The zero-order valence-electron chi connectivity index (χ0n) is 15.3. The molecule has 27 heavy (non-hydrogen) atoms. The van der Waals surface area contributed by atoms with Crippen LogP contribution >= 0.6 is 0 Å². The Morgan fingerprint density at radius 3 is 2.74 bits per heavy atom. The fourth-order valence-electron chi connectivity index (χ4n) is 3.20. The Hall–Kier alpha value is -3.25.